The molecule has 2 aliphatic heterocycles. The Bertz CT molecular complexity index is 4400. The van der Waals surface area contributed by atoms with E-state index in [1.807, 2.05) is 0 Å². The first kappa shape index (κ1) is 117. The zero-order valence-corrected chi connectivity index (χ0v) is 82.3. The van der Waals surface area contributed by atoms with E-state index in [4.69, 9.17) is 100 Å². The highest BCUT2D eigenvalue weighted by molar-refractivity contribution is 6.08. The summed E-state index contributed by atoms with van der Waals surface area (Å²) >= 11 is 0. The number of Topliss-reactive ketones (excluding diaryl/α,β-unsaturated/α-hetero) is 2. The second kappa shape index (κ2) is 61.1. The minimum Gasteiger partial charge on any atom is -0.465 e. The third-order valence-electron chi connectivity index (χ3n) is 23.3. The van der Waals surface area contributed by atoms with Crippen molar-refractivity contribution in [2.45, 2.75) is 274 Å². The van der Waals surface area contributed by atoms with Crippen molar-refractivity contribution < 1.29 is 176 Å². The Kier molecular flexibility index (Phi) is 51.5. The number of nitrogens with two attached hydrogens (primary N) is 1. The average Bonchev–Trinajstić information content (AvgIpc) is 0.803. The van der Waals surface area contributed by atoms with Gasteiger partial charge in [-0.2, -0.15) is 0 Å². The number of benzene rings is 2. The third-order valence-corrected chi connectivity index (χ3v) is 23.3. The second-order valence-corrected chi connectivity index (χ2v) is 34.6. The first-order chi connectivity index (χ1) is 66.0. The van der Waals surface area contributed by atoms with Crippen LogP contribution in [0.5, 0.6) is 0 Å². The van der Waals surface area contributed by atoms with Crippen LogP contribution in [0.3, 0.4) is 0 Å². The first-order valence-corrected chi connectivity index (χ1v) is 46.8. The van der Waals surface area contributed by atoms with Gasteiger partial charge in [-0.3, -0.25) is 81.5 Å². The predicted molar refractivity (Wildman–Crippen MR) is 485 cm³/mol. The normalized spacial score (nSPS) is 24.5. The Morgan fingerprint density at radius 3 is 1.19 bits per heavy atom. The van der Waals surface area contributed by atoms with E-state index in [0.717, 1.165) is 0 Å². The molecular formula is C95H141N7O37. The number of ketones is 2. The smallest absolute Gasteiger partial charge is 0.303 e. The molecule has 2 saturated heterocycles. The van der Waals surface area contributed by atoms with Crippen LogP contribution in [0.1, 0.15) is 210 Å². The lowest BCUT2D eigenvalue weighted by Gasteiger charge is -2.44. The maximum Gasteiger partial charge on any atom is 0.303 e. The fourth-order valence-corrected chi connectivity index (χ4v) is 16.6. The largest absolute Gasteiger partial charge is 0.465 e. The highest BCUT2D eigenvalue weighted by Crippen LogP contribution is 2.39. The second-order valence-electron chi connectivity index (χ2n) is 34.6. The van der Waals surface area contributed by atoms with Crippen LogP contribution >= 0.6 is 0 Å². The van der Waals surface area contributed by atoms with Gasteiger partial charge in [0, 0.05) is 195 Å². The Morgan fingerprint density at radius 2 is 0.755 bits per heavy atom. The van der Waals surface area contributed by atoms with Crippen LogP contribution in [-0.4, -0.2) is 311 Å². The Labute approximate surface area is 808 Å². The summed E-state index contributed by atoms with van der Waals surface area (Å²) in [5.74, 6) is -12.4. The van der Waals surface area contributed by atoms with Crippen LogP contribution in [-0.2, 0) is 181 Å². The van der Waals surface area contributed by atoms with E-state index in [0.29, 0.717) is 35.2 Å². The minimum absolute atomic E-state index is 0.00487. The molecule has 5 amide bonds. The summed E-state index contributed by atoms with van der Waals surface area (Å²) in [6.07, 6.45) is -9.77. The van der Waals surface area contributed by atoms with Gasteiger partial charge in [0.05, 0.1) is 103 Å². The molecule has 4 fully saturated rings. The average molecular weight is 1970 g/mol. The maximum atomic E-state index is 14.3. The molecule has 5 unspecified atom stereocenters. The van der Waals surface area contributed by atoms with E-state index in [1.54, 1.807) is 52.0 Å². The van der Waals surface area contributed by atoms with Crippen molar-refractivity contribution in [3.8, 4) is 0 Å². The summed E-state index contributed by atoms with van der Waals surface area (Å²) in [6, 6.07) is 6.52. The lowest BCUT2D eigenvalue weighted by atomic mass is 9.76. The van der Waals surface area contributed by atoms with E-state index in [9.17, 15) is 81.5 Å². The van der Waals surface area contributed by atoms with Crippen molar-refractivity contribution >= 4 is 101 Å². The van der Waals surface area contributed by atoms with Gasteiger partial charge in [-0.05, 0) is 67.0 Å². The van der Waals surface area contributed by atoms with Gasteiger partial charge in [0.1, 0.15) is 74.1 Å². The van der Waals surface area contributed by atoms with Gasteiger partial charge >= 0.3 is 59.7 Å². The summed E-state index contributed by atoms with van der Waals surface area (Å²) in [4.78, 5) is 215. The molecule has 778 valence electrons. The van der Waals surface area contributed by atoms with Crippen molar-refractivity contribution in [2.24, 2.45) is 41.2 Å². The summed E-state index contributed by atoms with van der Waals surface area (Å²) in [6.45, 7) is 22.0. The highest BCUT2D eigenvalue weighted by Gasteiger charge is 2.52. The van der Waals surface area contributed by atoms with Crippen LogP contribution in [0.4, 0.5) is 0 Å². The number of nitrogens with one attached hydrogen (secondary N) is 6. The molecule has 6 rings (SSSR count). The third kappa shape index (κ3) is 41.6. The first-order valence-electron chi connectivity index (χ1n) is 46.8. The van der Waals surface area contributed by atoms with Gasteiger partial charge < -0.3 is 132 Å². The molecule has 8 N–H and O–H groups in total. The van der Waals surface area contributed by atoms with E-state index >= 15 is 0 Å². The fourth-order valence-electron chi connectivity index (χ4n) is 16.6. The zero-order chi connectivity index (χ0) is 103. The van der Waals surface area contributed by atoms with Crippen molar-refractivity contribution in [1.29, 1.82) is 0 Å². The van der Waals surface area contributed by atoms with Crippen LogP contribution in [0.25, 0.3) is 0 Å². The number of esters is 10. The van der Waals surface area contributed by atoms with Crippen LogP contribution in [0, 0.1) is 35.5 Å². The number of carbonyl (C=O) groups is 17. The number of hydrogen-bond donors (Lipinski definition) is 7. The van der Waals surface area contributed by atoms with Gasteiger partial charge in [0.2, 0.25) is 23.6 Å². The molecule has 2 aromatic carbocycles. The molecule has 44 nitrogen and oxygen atoms in total. The van der Waals surface area contributed by atoms with E-state index < -0.39 is 222 Å². The molecule has 44 heteroatoms. The molecule has 2 heterocycles. The molecule has 21 atom stereocenters. The maximum absolute atomic E-state index is 14.3. The standard InChI is InChI=1S/C95H141N7O37/c1-52-79(43-71(48-128-58(7)105)90(136-66(15)113)88(52)134-64(13)111)124-37-33-120-29-17-19-77(115)74-41-68(21-23-70(74)47-97-27-31-122-35-39-126-94-84(101-56(5)103)86(132-62(11)109)54(3)81(138-94)50-130-60(9)107)45-99-83(117)26-25-76(96)93(119)100-46-69-22-24-73(92(118)98-28-32-123-36-40-127-95-85(102-57(6)104)87(133-63(12)110)55(4)82(139-95)51-131-61(10)108)75(42-69)78(116)20-18-30-121-34-38-125-80-44-72(49-129-59(8)106)91(137-67(16)114)89(53(80)2)135-65(14)112/h21-24,41-42,52-55,71-72,76,79-82,84-91,94-95,97H,17-20,25-40,43-51,96H2,1-16H3,(H,98,118)(H,99,117)(H,100,119)(H,101,103)(H,102,104)/t52-,53-,54-,55-,71+,72+,76?,79?,80?,81+,82+,84+,85+,86-,87-,88+,89+,90-,91-,94?,95?/m0/s1. The topological polar surface area (TPSA) is 573 Å². The monoisotopic (exact) mass is 1970 g/mol. The summed E-state index contributed by atoms with van der Waals surface area (Å²) < 4.78 is 115. The highest BCUT2D eigenvalue weighted by atomic mass is 16.7. The van der Waals surface area contributed by atoms with E-state index in [-0.39, 0.29) is 194 Å². The summed E-state index contributed by atoms with van der Waals surface area (Å²) in [5, 5.41) is 17.1. The van der Waals surface area contributed by atoms with Gasteiger partial charge in [0.25, 0.3) is 5.91 Å². The molecule has 4 aliphatic rings. The Balaban J connectivity index is 1.08. The predicted octanol–water partition coefficient (Wildman–Crippen LogP) is 3.23. The number of rotatable bonds is 59. The van der Waals surface area contributed by atoms with E-state index in [2.05, 4.69) is 31.9 Å². The Hall–Kier alpha value is -10.6. The van der Waals surface area contributed by atoms with Gasteiger partial charge in [-0.15, -0.1) is 0 Å². The zero-order valence-electron chi connectivity index (χ0n) is 82.3. The quantitative estimate of drug-likeness (QED) is 0.0216. The number of carbonyl (C=O) groups excluding carboxylic acids is 17. The lowest BCUT2D eigenvalue weighted by molar-refractivity contribution is -0.262. The molecule has 0 aromatic heterocycles. The molecule has 0 bridgehead atoms. The van der Waals surface area contributed by atoms with Crippen molar-refractivity contribution in [1.82, 2.24) is 31.9 Å². The molecular weight excluding hydrogens is 1830 g/mol. The molecule has 2 aromatic rings. The van der Waals surface area contributed by atoms with Crippen molar-refractivity contribution in [2.75, 3.05) is 119 Å². The van der Waals surface area contributed by atoms with Crippen LogP contribution in [0.2, 0.25) is 0 Å². The van der Waals surface area contributed by atoms with E-state index in [1.165, 1.54) is 95.2 Å². The lowest BCUT2D eigenvalue weighted by Crippen LogP contribution is -2.63. The van der Waals surface area contributed by atoms with Crippen molar-refractivity contribution in [3.63, 3.8) is 0 Å². The summed E-state index contributed by atoms with van der Waals surface area (Å²) in [7, 11) is 0. The SMILES string of the molecule is CC(=O)N[C@H]1C(OCCOCCNCc2ccc(CNC(=O)CCC(N)C(=O)NCc3ccc(C(=O)NCCOCCOC4O[C@H](COC(C)=O)[C@H](C)[C@H](OC(C)=O)[C@H]4NC(C)=O)c(C(=O)CCCOCCOC4C[C@H](COC(C)=O)[C@H](OC(C)=O)[C@H](OC(C)=O)[C@H]4C)c3)cc2C(=O)CCCOCCOC2C[C@H](COC(C)=O)[C@H](OC(C)=O)[C@H](OC(C)=O)[C@H]2C)O[C@H](COC(C)=O)[C@H](C)[C@@H]1OC(C)=O. The number of amides is 5. The van der Waals surface area contributed by atoms with Gasteiger partial charge in [-0.25, -0.2) is 0 Å². The Morgan fingerprint density at radius 1 is 0.374 bits per heavy atom. The van der Waals surface area contributed by atoms with Crippen LogP contribution in [0.15, 0.2) is 36.4 Å². The minimum atomic E-state index is -1.20. The fraction of sp³-hybridized carbons (Fsp3) is 0.695. The molecule has 2 aliphatic carbocycles. The molecule has 139 heavy (non-hydrogen) atoms. The molecule has 2 saturated carbocycles. The number of hydrogen-bond acceptors (Lipinski definition) is 39. The number of ether oxygens (including phenoxy) is 20. The molecule has 0 radical (unpaired) electrons. The van der Waals surface area contributed by atoms with Gasteiger partial charge in [-0.1, -0.05) is 45.9 Å². The summed E-state index contributed by atoms with van der Waals surface area (Å²) in [5.41, 5.74) is 8.32. The molecule has 0 spiro atoms. The van der Waals surface area contributed by atoms with Crippen LogP contribution < -0.4 is 37.6 Å². The van der Waals surface area contributed by atoms with Crippen molar-refractivity contribution in [3.05, 3.63) is 69.8 Å². The van der Waals surface area contributed by atoms with Gasteiger partial charge in [0.15, 0.2) is 24.1 Å².